The molecule has 126 valence electrons. The van der Waals surface area contributed by atoms with E-state index in [4.69, 9.17) is 14.2 Å². The number of benzene rings is 2. The third kappa shape index (κ3) is 4.06. The van der Waals surface area contributed by atoms with Crippen molar-refractivity contribution in [2.45, 2.75) is 13.0 Å². The summed E-state index contributed by atoms with van der Waals surface area (Å²) in [6.45, 7) is 1.70. The van der Waals surface area contributed by atoms with E-state index in [0.717, 1.165) is 17.7 Å². The first-order chi connectivity index (χ1) is 11.8. The molecular weight excluding hydrogens is 306 g/mol. The summed E-state index contributed by atoms with van der Waals surface area (Å²) in [5.41, 5.74) is 1.02. The number of nitrogens with one attached hydrogen (secondary N) is 1. The number of hydrogen-bond acceptors (Lipinski definition) is 4. The number of rotatable bonds is 6. The average Bonchev–Trinajstić information content (AvgIpc) is 3.16. The topological polar surface area (TPSA) is 56.8 Å². The van der Waals surface area contributed by atoms with Crippen LogP contribution in [0, 0.1) is 5.92 Å². The van der Waals surface area contributed by atoms with Crippen molar-refractivity contribution in [3.8, 4) is 17.2 Å². The van der Waals surface area contributed by atoms with Crippen LogP contribution in [-0.2, 0) is 16.1 Å². The fraction of sp³-hybridized carbons (Fsp3) is 0.316. The van der Waals surface area contributed by atoms with Gasteiger partial charge in [0.05, 0.1) is 19.6 Å². The predicted octanol–water partition coefficient (Wildman–Crippen LogP) is 3.14. The van der Waals surface area contributed by atoms with E-state index in [2.05, 4.69) is 5.32 Å². The Labute approximate surface area is 141 Å². The van der Waals surface area contributed by atoms with Gasteiger partial charge in [-0.05, 0) is 36.2 Å². The molecule has 1 saturated heterocycles. The van der Waals surface area contributed by atoms with Gasteiger partial charge in [-0.3, -0.25) is 4.79 Å². The van der Waals surface area contributed by atoms with E-state index in [1.807, 2.05) is 48.5 Å². The van der Waals surface area contributed by atoms with Gasteiger partial charge in [-0.1, -0.05) is 24.3 Å². The van der Waals surface area contributed by atoms with Gasteiger partial charge < -0.3 is 19.5 Å². The molecular formula is C19H21NO4. The van der Waals surface area contributed by atoms with Crippen molar-refractivity contribution in [2.75, 3.05) is 20.3 Å². The van der Waals surface area contributed by atoms with Gasteiger partial charge in [-0.15, -0.1) is 0 Å². The average molecular weight is 327 g/mol. The van der Waals surface area contributed by atoms with Crippen LogP contribution in [0.15, 0.2) is 48.5 Å². The maximum absolute atomic E-state index is 12.0. The first-order valence-electron chi connectivity index (χ1n) is 8.01. The van der Waals surface area contributed by atoms with Crippen LogP contribution in [0.3, 0.4) is 0 Å². The van der Waals surface area contributed by atoms with Crippen molar-refractivity contribution in [1.29, 1.82) is 0 Å². The van der Waals surface area contributed by atoms with Crippen LogP contribution < -0.4 is 14.8 Å². The molecule has 1 fully saturated rings. The zero-order chi connectivity index (χ0) is 16.8. The van der Waals surface area contributed by atoms with Crippen LogP contribution in [0.4, 0.5) is 0 Å². The summed E-state index contributed by atoms with van der Waals surface area (Å²) in [5.74, 6) is 2.12. The van der Waals surface area contributed by atoms with Gasteiger partial charge in [-0.25, -0.2) is 0 Å². The smallest absolute Gasteiger partial charge is 0.225 e. The largest absolute Gasteiger partial charge is 0.493 e. The van der Waals surface area contributed by atoms with Crippen molar-refractivity contribution < 1.29 is 19.0 Å². The lowest BCUT2D eigenvalue weighted by Gasteiger charge is -2.11. The van der Waals surface area contributed by atoms with Crippen molar-refractivity contribution in [1.82, 2.24) is 5.32 Å². The minimum atomic E-state index is -0.0156. The van der Waals surface area contributed by atoms with Gasteiger partial charge in [0.15, 0.2) is 11.5 Å². The molecule has 1 amide bonds. The van der Waals surface area contributed by atoms with Crippen LogP contribution in [0.25, 0.3) is 0 Å². The molecule has 0 spiro atoms. The predicted molar refractivity (Wildman–Crippen MR) is 90.3 cm³/mol. The molecule has 1 aliphatic heterocycles. The Balaban J connectivity index is 1.56. The van der Waals surface area contributed by atoms with Crippen LogP contribution in [-0.4, -0.2) is 26.2 Å². The van der Waals surface area contributed by atoms with Crippen LogP contribution in [0.2, 0.25) is 0 Å². The highest BCUT2D eigenvalue weighted by Gasteiger charge is 2.22. The molecule has 0 aromatic heterocycles. The minimum Gasteiger partial charge on any atom is -0.493 e. The summed E-state index contributed by atoms with van der Waals surface area (Å²) in [5, 5.41) is 2.95. The molecule has 1 heterocycles. The van der Waals surface area contributed by atoms with Gasteiger partial charge >= 0.3 is 0 Å². The Kier molecular flexibility index (Phi) is 5.33. The number of para-hydroxylation sites is 2. The summed E-state index contributed by atoms with van der Waals surface area (Å²) in [4.78, 5) is 12.0. The lowest BCUT2D eigenvalue weighted by atomic mass is 10.1. The molecule has 0 bridgehead atoms. The Bertz CT molecular complexity index is 678. The van der Waals surface area contributed by atoms with E-state index in [9.17, 15) is 4.79 Å². The summed E-state index contributed by atoms with van der Waals surface area (Å²) < 4.78 is 16.3. The standard InChI is InChI=1S/C19H21NO4/c1-22-17-4-2-3-5-18(17)24-16-8-6-14(7-9-16)12-20-19(21)15-10-11-23-13-15/h2-9,15H,10-13H2,1H3,(H,20,21). The third-order valence-corrected chi connectivity index (χ3v) is 3.99. The fourth-order valence-corrected chi connectivity index (χ4v) is 2.58. The van der Waals surface area contributed by atoms with Gasteiger partial charge in [-0.2, -0.15) is 0 Å². The van der Waals surface area contributed by atoms with E-state index >= 15 is 0 Å². The maximum Gasteiger partial charge on any atom is 0.225 e. The first-order valence-corrected chi connectivity index (χ1v) is 8.01. The van der Waals surface area contributed by atoms with E-state index in [0.29, 0.717) is 31.3 Å². The fourth-order valence-electron chi connectivity index (χ4n) is 2.58. The molecule has 2 aromatic carbocycles. The van der Waals surface area contributed by atoms with Gasteiger partial charge in [0.2, 0.25) is 5.91 Å². The van der Waals surface area contributed by atoms with E-state index in [1.165, 1.54) is 0 Å². The Hall–Kier alpha value is -2.53. The number of ether oxygens (including phenoxy) is 3. The highest BCUT2D eigenvalue weighted by Crippen LogP contribution is 2.30. The molecule has 1 atom stereocenters. The van der Waals surface area contributed by atoms with E-state index < -0.39 is 0 Å². The number of hydrogen-bond donors (Lipinski definition) is 1. The molecule has 0 aliphatic carbocycles. The zero-order valence-electron chi connectivity index (χ0n) is 13.7. The van der Waals surface area contributed by atoms with Crippen molar-refractivity contribution in [3.63, 3.8) is 0 Å². The van der Waals surface area contributed by atoms with Crippen molar-refractivity contribution in [3.05, 3.63) is 54.1 Å². The molecule has 0 saturated carbocycles. The normalized spacial score (nSPS) is 16.6. The highest BCUT2D eigenvalue weighted by atomic mass is 16.5. The summed E-state index contributed by atoms with van der Waals surface area (Å²) >= 11 is 0. The van der Waals surface area contributed by atoms with E-state index in [-0.39, 0.29) is 11.8 Å². The second-order valence-electron chi connectivity index (χ2n) is 5.68. The minimum absolute atomic E-state index is 0.0156. The number of carbonyl (C=O) groups is 1. The summed E-state index contributed by atoms with van der Waals surface area (Å²) in [7, 11) is 1.61. The lowest BCUT2D eigenvalue weighted by Crippen LogP contribution is -2.30. The first kappa shape index (κ1) is 16.3. The quantitative estimate of drug-likeness (QED) is 0.885. The molecule has 0 radical (unpaired) electrons. The Morgan fingerprint density at radius 1 is 1.17 bits per heavy atom. The second-order valence-corrected chi connectivity index (χ2v) is 5.68. The van der Waals surface area contributed by atoms with Crippen LogP contribution >= 0.6 is 0 Å². The molecule has 2 aromatic rings. The van der Waals surface area contributed by atoms with Gasteiger partial charge in [0, 0.05) is 13.2 Å². The number of amides is 1. The second kappa shape index (κ2) is 7.84. The van der Waals surface area contributed by atoms with Crippen molar-refractivity contribution in [2.24, 2.45) is 5.92 Å². The van der Waals surface area contributed by atoms with Crippen LogP contribution in [0.5, 0.6) is 17.2 Å². The molecule has 5 heteroatoms. The van der Waals surface area contributed by atoms with Gasteiger partial charge in [0.1, 0.15) is 5.75 Å². The maximum atomic E-state index is 12.0. The molecule has 1 aliphatic rings. The van der Waals surface area contributed by atoms with Crippen molar-refractivity contribution >= 4 is 5.91 Å². The molecule has 1 N–H and O–H groups in total. The summed E-state index contributed by atoms with van der Waals surface area (Å²) in [6.07, 6.45) is 0.803. The number of methoxy groups -OCH3 is 1. The lowest BCUT2D eigenvalue weighted by molar-refractivity contribution is -0.125. The zero-order valence-corrected chi connectivity index (χ0v) is 13.7. The molecule has 1 unspecified atom stereocenters. The number of carbonyl (C=O) groups excluding carboxylic acids is 1. The highest BCUT2D eigenvalue weighted by molar-refractivity contribution is 5.78. The monoisotopic (exact) mass is 327 g/mol. The molecule has 5 nitrogen and oxygen atoms in total. The van der Waals surface area contributed by atoms with Crippen LogP contribution in [0.1, 0.15) is 12.0 Å². The Morgan fingerprint density at radius 3 is 2.58 bits per heavy atom. The third-order valence-electron chi connectivity index (χ3n) is 3.99. The summed E-state index contributed by atoms with van der Waals surface area (Å²) in [6, 6.07) is 15.1. The van der Waals surface area contributed by atoms with Gasteiger partial charge in [0.25, 0.3) is 0 Å². The molecule has 24 heavy (non-hydrogen) atoms. The Morgan fingerprint density at radius 2 is 1.92 bits per heavy atom. The van der Waals surface area contributed by atoms with E-state index in [1.54, 1.807) is 7.11 Å². The molecule has 3 rings (SSSR count). The SMILES string of the molecule is COc1ccccc1Oc1ccc(CNC(=O)C2CCOC2)cc1.